The molecule has 0 radical (unpaired) electrons. The maximum Gasteiger partial charge on any atom is 0.197 e. The molecule has 0 saturated heterocycles. The van der Waals surface area contributed by atoms with E-state index >= 15 is 0 Å². The van der Waals surface area contributed by atoms with Gasteiger partial charge in [0.2, 0.25) is 0 Å². The molecule has 4 heteroatoms. The molecule has 0 saturated carbocycles. The Morgan fingerprint density at radius 2 is 1.86 bits per heavy atom. The Hall–Kier alpha value is -1.94. The minimum atomic E-state index is -1.11. The molecule has 21 heavy (non-hydrogen) atoms. The fourth-order valence-corrected chi connectivity index (χ4v) is 3.22. The predicted molar refractivity (Wildman–Crippen MR) is 85.0 cm³/mol. The van der Waals surface area contributed by atoms with Crippen LogP contribution in [0.15, 0.2) is 64.5 Å². The Kier molecular flexibility index (Phi) is 4.15. The number of hydrogen-bond donors (Lipinski definition) is 0. The SMILES string of the molecule is Cc1ccc([S@](=O)CC2=N[C@@H](c3ccccc3)CO2)cc1. The van der Waals surface area contributed by atoms with Crippen LogP contribution >= 0.6 is 0 Å². The molecule has 0 spiro atoms. The van der Waals surface area contributed by atoms with Crippen molar-refractivity contribution in [1.82, 2.24) is 0 Å². The molecule has 0 N–H and O–H groups in total. The van der Waals surface area contributed by atoms with Crippen molar-refractivity contribution in [3.05, 3.63) is 65.7 Å². The summed E-state index contributed by atoms with van der Waals surface area (Å²) in [6, 6.07) is 17.8. The zero-order valence-electron chi connectivity index (χ0n) is 11.9. The normalized spacial score (nSPS) is 18.9. The molecule has 1 heterocycles. The van der Waals surface area contributed by atoms with Crippen LogP contribution in [0.4, 0.5) is 0 Å². The fraction of sp³-hybridized carbons (Fsp3) is 0.235. The van der Waals surface area contributed by atoms with Crippen LogP contribution in [-0.4, -0.2) is 22.5 Å². The molecule has 0 amide bonds. The summed E-state index contributed by atoms with van der Waals surface area (Å²) in [5, 5.41) is 0. The van der Waals surface area contributed by atoms with Gasteiger partial charge in [-0.2, -0.15) is 0 Å². The lowest BCUT2D eigenvalue weighted by Gasteiger charge is -2.03. The first kappa shape index (κ1) is 14.0. The Balaban J connectivity index is 1.68. The van der Waals surface area contributed by atoms with E-state index < -0.39 is 10.8 Å². The molecular weight excluding hydrogens is 282 g/mol. The van der Waals surface area contributed by atoms with E-state index in [-0.39, 0.29) is 6.04 Å². The van der Waals surface area contributed by atoms with E-state index in [9.17, 15) is 4.21 Å². The molecule has 2 aromatic rings. The third-order valence-corrected chi connectivity index (χ3v) is 4.74. The standard InChI is InChI=1S/C17H17NO2S/c1-13-7-9-15(10-8-13)21(19)12-17-18-16(11-20-17)14-5-3-2-4-6-14/h2-10,16H,11-12H2,1H3/t16-,21-/m1/s1. The zero-order chi connectivity index (χ0) is 14.7. The van der Waals surface area contributed by atoms with E-state index in [0.29, 0.717) is 18.3 Å². The first-order valence-electron chi connectivity index (χ1n) is 6.92. The molecule has 2 atom stereocenters. The van der Waals surface area contributed by atoms with Crippen molar-refractivity contribution in [2.24, 2.45) is 4.99 Å². The Bertz CT molecular complexity index is 665. The van der Waals surface area contributed by atoms with Crippen LogP contribution in [0.5, 0.6) is 0 Å². The van der Waals surface area contributed by atoms with Crippen LogP contribution in [0, 0.1) is 6.92 Å². The molecule has 1 aliphatic heterocycles. The van der Waals surface area contributed by atoms with Gasteiger partial charge in [0.25, 0.3) is 0 Å². The summed E-state index contributed by atoms with van der Waals surface area (Å²) >= 11 is 0. The molecule has 0 unspecified atom stereocenters. The van der Waals surface area contributed by atoms with Crippen LogP contribution < -0.4 is 0 Å². The summed E-state index contributed by atoms with van der Waals surface area (Å²) in [7, 11) is -1.11. The van der Waals surface area contributed by atoms with Gasteiger partial charge in [-0.1, -0.05) is 48.0 Å². The van der Waals surface area contributed by atoms with Crippen LogP contribution in [0.2, 0.25) is 0 Å². The van der Waals surface area contributed by atoms with Gasteiger partial charge < -0.3 is 4.74 Å². The van der Waals surface area contributed by atoms with Gasteiger partial charge in [0.05, 0.1) is 10.8 Å². The van der Waals surface area contributed by atoms with E-state index in [1.807, 2.05) is 61.5 Å². The van der Waals surface area contributed by atoms with Crippen molar-refractivity contribution in [2.75, 3.05) is 12.4 Å². The van der Waals surface area contributed by atoms with E-state index in [0.717, 1.165) is 16.0 Å². The third kappa shape index (κ3) is 3.39. The number of benzene rings is 2. The number of aliphatic imine (C=N–C) groups is 1. The summed E-state index contributed by atoms with van der Waals surface area (Å²) in [5.74, 6) is 0.926. The van der Waals surface area contributed by atoms with Crippen molar-refractivity contribution in [1.29, 1.82) is 0 Å². The van der Waals surface area contributed by atoms with Gasteiger partial charge in [-0.05, 0) is 24.6 Å². The van der Waals surface area contributed by atoms with Crippen molar-refractivity contribution in [3.8, 4) is 0 Å². The first-order valence-corrected chi connectivity index (χ1v) is 8.24. The highest BCUT2D eigenvalue weighted by Gasteiger charge is 2.22. The van der Waals surface area contributed by atoms with E-state index in [2.05, 4.69) is 4.99 Å². The number of aryl methyl sites for hydroxylation is 1. The second-order valence-electron chi connectivity index (χ2n) is 5.06. The predicted octanol–water partition coefficient (Wildman–Crippen LogP) is 3.27. The Morgan fingerprint density at radius 3 is 2.57 bits per heavy atom. The van der Waals surface area contributed by atoms with Gasteiger partial charge in [-0.15, -0.1) is 0 Å². The highest BCUT2D eigenvalue weighted by molar-refractivity contribution is 7.85. The van der Waals surface area contributed by atoms with Crippen LogP contribution in [-0.2, 0) is 15.5 Å². The van der Waals surface area contributed by atoms with Gasteiger partial charge in [0, 0.05) is 4.90 Å². The van der Waals surface area contributed by atoms with E-state index in [1.54, 1.807) is 0 Å². The lowest BCUT2D eigenvalue weighted by Crippen LogP contribution is -2.11. The molecule has 108 valence electrons. The molecule has 0 bridgehead atoms. The number of hydrogen-bond acceptors (Lipinski definition) is 3. The lowest BCUT2D eigenvalue weighted by molar-refractivity contribution is 0.317. The van der Waals surface area contributed by atoms with Crippen LogP contribution in [0.25, 0.3) is 0 Å². The number of rotatable bonds is 4. The van der Waals surface area contributed by atoms with Gasteiger partial charge in [-0.3, -0.25) is 4.21 Å². The monoisotopic (exact) mass is 299 g/mol. The van der Waals surface area contributed by atoms with Crippen molar-refractivity contribution in [3.63, 3.8) is 0 Å². The average Bonchev–Trinajstić information content (AvgIpc) is 2.97. The molecular formula is C17H17NO2S. The topological polar surface area (TPSA) is 38.7 Å². The van der Waals surface area contributed by atoms with Crippen molar-refractivity contribution in [2.45, 2.75) is 17.9 Å². The highest BCUT2D eigenvalue weighted by Crippen LogP contribution is 2.23. The van der Waals surface area contributed by atoms with Crippen molar-refractivity contribution >= 4 is 16.7 Å². The summed E-state index contributed by atoms with van der Waals surface area (Å²) in [6.45, 7) is 2.55. The van der Waals surface area contributed by atoms with Crippen LogP contribution in [0.1, 0.15) is 17.2 Å². The summed E-state index contributed by atoms with van der Waals surface area (Å²) in [4.78, 5) is 5.36. The smallest absolute Gasteiger partial charge is 0.197 e. The largest absolute Gasteiger partial charge is 0.478 e. The quantitative estimate of drug-likeness (QED) is 0.869. The highest BCUT2D eigenvalue weighted by atomic mass is 32.2. The van der Waals surface area contributed by atoms with Gasteiger partial charge >= 0.3 is 0 Å². The summed E-state index contributed by atoms with van der Waals surface area (Å²) in [6.07, 6.45) is 0. The molecule has 0 fully saturated rings. The maximum atomic E-state index is 12.3. The first-order chi connectivity index (χ1) is 10.2. The minimum Gasteiger partial charge on any atom is -0.478 e. The molecule has 2 aromatic carbocycles. The number of nitrogens with zero attached hydrogens (tertiary/aromatic N) is 1. The molecule has 0 aliphatic carbocycles. The maximum absolute atomic E-state index is 12.3. The average molecular weight is 299 g/mol. The second kappa shape index (κ2) is 6.22. The third-order valence-electron chi connectivity index (χ3n) is 3.43. The molecule has 3 nitrogen and oxygen atoms in total. The fourth-order valence-electron chi connectivity index (χ4n) is 2.23. The van der Waals surface area contributed by atoms with Crippen molar-refractivity contribution < 1.29 is 8.95 Å². The molecule has 3 rings (SSSR count). The Labute approximate surface area is 127 Å². The van der Waals surface area contributed by atoms with Crippen LogP contribution in [0.3, 0.4) is 0 Å². The summed E-state index contributed by atoms with van der Waals surface area (Å²) in [5.41, 5.74) is 2.29. The Morgan fingerprint density at radius 1 is 1.14 bits per heavy atom. The number of ether oxygens (including phenoxy) is 1. The lowest BCUT2D eigenvalue weighted by atomic mass is 10.1. The van der Waals surface area contributed by atoms with E-state index in [1.165, 1.54) is 0 Å². The van der Waals surface area contributed by atoms with E-state index in [4.69, 9.17) is 4.74 Å². The second-order valence-corrected chi connectivity index (χ2v) is 6.51. The molecule has 1 aliphatic rings. The van der Waals surface area contributed by atoms with Gasteiger partial charge in [-0.25, -0.2) is 4.99 Å². The minimum absolute atomic E-state index is 0.0243. The molecule has 0 aromatic heterocycles. The van der Waals surface area contributed by atoms with Gasteiger partial charge in [0.15, 0.2) is 5.90 Å². The zero-order valence-corrected chi connectivity index (χ0v) is 12.7. The van der Waals surface area contributed by atoms with Gasteiger partial charge in [0.1, 0.15) is 18.4 Å². The summed E-state index contributed by atoms with van der Waals surface area (Å²) < 4.78 is 17.9.